The van der Waals surface area contributed by atoms with Crippen LogP contribution in [-0.4, -0.2) is 16.7 Å². The summed E-state index contributed by atoms with van der Waals surface area (Å²) in [5.74, 6) is 1.15. The van der Waals surface area contributed by atoms with Crippen LogP contribution < -0.4 is 5.73 Å². The van der Waals surface area contributed by atoms with Gasteiger partial charge in [-0.3, -0.25) is 0 Å². The maximum absolute atomic E-state index is 5.84. The third-order valence-corrected chi connectivity index (χ3v) is 3.07. The highest BCUT2D eigenvalue weighted by molar-refractivity contribution is 5.05. The minimum Gasteiger partial charge on any atom is -0.367 e. The largest absolute Gasteiger partial charge is 0.367 e. The number of ether oxygens (including phenoxy) is 1. The van der Waals surface area contributed by atoms with Gasteiger partial charge in [0.25, 0.3) is 0 Å². The standard InChI is InChI=1S/C11H19N3O2/c1-3-15-11(6-4-5-7-11)10-13-9(8(2)12)16-14-10/h8H,3-7,12H2,1-2H3/t8-/m1/s1. The van der Waals surface area contributed by atoms with Gasteiger partial charge in [-0.05, 0) is 39.5 Å². The molecule has 90 valence electrons. The zero-order valence-electron chi connectivity index (χ0n) is 9.90. The molecule has 1 aromatic heterocycles. The van der Waals surface area contributed by atoms with E-state index in [1.807, 2.05) is 13.8 Å². The summed E-state index contributed by atoms with van der Waals surface area (Å²) in [5.41, 5.74) is 5.38. The smallest absolute Gasteiger partial charge is 0.243 e. The topological polar surface area (TPSA) is 74.2 Å². The van der Waals surface area contributed by atoms with Crippen molar-refractivity contribution in [3.05, 3.63) is 11.7 Å². The zero-order valence-corrected chi connectivity index (χ0v) is 9.90. The molecule has 1 atom stereocenters. The van der Waals surface area contributed by atoms with E-state index in [-0.39, 0.29) is 11.6 Å². The summed E-state index contributed by atoms with van der Waals surface area (Å²) < 4.78 is 11.0. The minimum absolute atomic E-state index is 0.221. The fraction of sp³-hybridized carbons (Fsp3) is 0.818. The second-order valence-corrected chi connectivity index (χ2v) is 4.38. The second-order valence-electron chi connectivity index (χ2n) is 4.38. The summed E-state index contributed by atoms with van der Waals surface area (Å²) >= 11 is 0. The molecule has 1 heterocycles. The molecule has 0 radical (unpaired) electrons. The first-order chi connectivity index (χ1) is 7.68. The molecule has 0 aromatic carbocycles. The van der Waals surface area contributed by atoms with Crippen LogP contribution in [0.2, 0.25) is 0 Å². The third-order valence-electron chi connectivity index (χ3n) is 3.07. The molecule has 1 aliphatic rings. The molecule has 1 aromatic rings. The number of aromatic nitrogens is 2. The van der Waals surface area contributed by atoms with Gasteiger partial charge in [0.2, 0.25) is 11.7 Å². The highest BCUT2D eigenvalue weighted by atomic mass is 16.5. The first kappa shape index (κ1) is 11.5. The Bertz CT molecular complexity index is 343. The lowest BCUT2D eigenvalue weighted by molar-refractivity contribution is -0.0469. The first-order valence-corrected chi connectivity index (χ1v) is 5.91. The molecule has 5 heteroatoms. The number of rotatable bonds is 4. The quantitative estimate of drug-likeness (QED) is 0.847. The van der Waals surface area contributed by atoms with E-state index in [0.29, 0.717) is 18.3 Å². The van der Waals surface area contributed by atoms with Crippen molar-refractivity contribution in [2.45, 2.75) is 51.2 Å². The van der Waals surface area contributed by atoms with Gasteiger partial charge in [-0.2, -0.15) is 4.98 Å². The van der Waals surface area contributed by atoms with E-state index in [1.54, 1.807) is 0 Å². The maximum atomic E-state index is 5.84. The molecule has 5 nitrogen and oxygen atoms in total. The molecule has 2 rings (SSSR count). The van der Waals surface area contributed by atoms with Crippen molar-refractivity contribution >= 4 is 0 Å². The van der Waals surface area contributed by atoms with Crippen molar-refractivity contribution < 1.29 is 9.26 Å². The van der Waals surface area contributed by atoms with E-state index in [9.17, 15) is 0 Å². The number of nitrogens with zero attached hydrogens (tertiary/aromatic N) is 2. The minimum atomic E-state index is -0.328. The van der Waals surface area contributed by atoms with Crippen LogP contribution in [0.1, 0.15) is 57.3 Å². The van der Waals surface area contributed by atoms with Gasteiger partial charge in [0, 0.05) is 6.61 Å². The zero-order chi connectivity index (χ0) is 11.6. The molecular weight excluding hydrogens is 206 g/mol. The normalized spacial score (nSPS) is 21.2. The van der Waals surface area contributed by atoms with Gasteiger partial charge in [0.1, 0.15) is 5.60 Å². The number of hydrogen-bond donors (Lipinski definition) is 1. The van der Waals surface area contributed by atoms with E-state index in [0.717, 1.165) is 25.7 Å². The van der Waals surface area contributed by atoms with Gasteiger partial charge < -0.3 is 15.0 Å². The lowest BCUT2D eigenvalue weighted by Gasteiger charge is -2.24. The molecule has 0 unspecified atom stereocenters. The van der Waals surface area contributed by atoms with Crippen molar-refractivity contribution in [2.75, 3.05) is 6.61 Å². The predicted octanol–water partition coefficient (Wildman–Crippen LogP) is 1.90. The molecule has 0 amide bonds. The third kappa shape index (κ3) is 1.97. The second kappa shape index (κ2) is 4.51. The van der Waals surface area contributed by atoms with Crippen LogP contribution in [0.25, 0.3) is 0 Å². The molecule has 1 fully saturated rings. The van der Waals surface area contributed by atoms with E-state index >= 15 is 0 Å². The Morgan fingerprint density at radius 2 is 2.19 bits per heavy atom. The SMILES string of the molecule is CCOC1(c2noc([C@@H](C)N)n2)CCCC1. The van der Waals surface area contributed by atoms with Crippen molar-refractivity contribution in [3.8, 4) is 0 Å². The Hall–Kier alpha value is -0.940. The molecule has 16 heavy (non-hydrogen) atoms. The van der Waals surface area contributed by atoms with E-state index in [1.165, 1.54) is 0 Å². The Kier molecular flexibility index (Phi) is 3.25. The molecule has 1 saturated carbocycles. The summed E-state index contributed by atoms with van der Waals surface area (Å²) in [6.45, 7) is 4.49. The van der Waals surface area contributed by atoms with Gasteiger partial charge in [0.05, 0.1) is 6.04 Å². The van der Waals surface area contributed by atoms with Crippen molar-refractivity contribution in [1.29, 1.82) is 0 Å². The van der Waals surface area contributed by atoms with Crippen LogP contribution in [0.15, 0.2) is 4.52 Å². The van der Waals surface area contributed by atoms with E-state index in [2.05, 4.69) is 10.1 Å². The highest BCUT2D eigenvalue weighted by Gasteiger charge is 2.40. The average molecular weight is 225 g/mol. The van der Waals surface area contributed by atoms with Crippen LogP contribution in [0.3, 0.4) is 0 Å². The number of nitrogens with two attached hydrogens (primary N) is 1. The lowest BCUT2D eigenvalue weighted by atomic mass is 10.0. The van der Waals surface area contributed by atoms with Crippen molar-refractivity contribution in [2.24, 2.45) is 5.73 Å². The average Bonchev–Trinajstić information content (AvgIpc) is 2.85. The Balaban J connectivity index is 2.24. The van der Waals surface area contributed by atoms with Gasteiger partial charge in [-0.25, -0.2) is 0 Å². The molecule has 0 spiro atoms. The maximum Gasteiger partial charge on any atom is 0.243 e. The lowest BCUT2D eigenvalue weighted by Crippen LogP contribution is -2.27. The molecular formula is C11H19N3O2. The van der Waals surface area contributed by atoms with Crippen LogP contribution >= 0.6 is 0 Å². The fourth-order valence-corrected chi connectivity index (χ4v) is 2.26. The summed E-state index contributed by atoms with van der Waals surface area (Å²) in [4.78, 5) is 4.35. The van der Waals surface area contributed by atoms with Gasteiger partial charge in [-0.15, -0.1) is 0 Å². The van der Waals surface area contributed by atoms with Crippen molar-refractivity contribution in [3.63, 3.8) is 0 Å². The van der Waals surface area contributed by atoms with E-state index in [4.69, 9.17) is 15.0 Å². The molecule has 0 bridgehead atoms. The number of hydrogen-bond acceptors (Lipinski definition) is 5. The molecule has 0 aliphatic heterocycles. The predicted molar refractivity (Wildman–Crippen MR) is 58.7 cm³/mol. The van der Waals surface area contributed by atoms with Crippen LogP contribution in [0.5, 0.6) is 0 Å². The summed E-state index contributed by atoms with van der Waals surface area (Å²) in [6, 6.07) is -0.221. The Labute approximate surface area is 95.3 Å². The first-order valence-electron chi connectivity index (χ1n) is 5.91. The van der Waals surface area contributed by atoms with Gasteiger partial charge in [-0.1, -0.05) is 5.16 Å². The molecule has 2 N–H and O–H groups in total. The summed E-state index contributed by atoms with van der Waals surface area (Å²) in [6.07, 6.45) is 4.25. The highest BCUT2D eigenvalue weighted by Crippen LogP contribution is 2.40. The fourth-order valence-electron chi connectivity index (χ4n) is 2.26. The van der Waals surface area contributed by atoms with Crippen LogP contribution in [0, 0.1) is 0 Å². The monoisotopic (exact) mass is 225 g/mol. The Morgan fingerprint density at radius 3 is 2.69 bits per heavy atom. The van der Waals surface area contributed by atoms with Gasteiger partial charge in [0.15, 0.2) is 0 Å². The van der Waals surface area contributed by atoms with Crippen LogP contribution in [0.4, 0.5) is 0 Å². The molecule has 1 aliphatic carbocycles. The summed E-state index contributed by atoms with van der Waals surface area (Å²) in [7, 11) is 0. The van der Waals surface area contributed by atoms with E-state index < -0.39 is 0 Å². The van der Waals surface area contributed by atoms with Gasteiger partial charge >= 0.3 is 0 Å². The summed E-state index contributed by atoms with van der Waals surface area (Å²) in [5, 5.41) is 4.02. The van der Waals surface area contributed by atoms with Crippen molar-refractivity contribution in [1.82, 2.24) is 10.1 Å². The Morgan fingerprint density at radius 1 is 1.50 bits per heavy atom. The molecule has 0 saturated heterocycles. The van der Waals surface area contributed by atoms with Crippen LogP contribution in [-0.2, 0) is 10.3 Å².